The van der Waals surface area contributed by atoms with Crippen LogP contribution in [0.3, 0.4) is 0 Å². The first-order valence-corrected chi connectivity index (χ1v) is 5.52. The lowest BCUT2D eigenvalue weighted by Crippen LogP contribution is -2.15. The van der Waals surface area contributed by atoms with Gasteiger partial charge in [-0.1, -0.05) is 0 Å². The Morgan fingerprint density at radius 1 is 1.30 bits per heavy atom. The number of hydrogen-bond acceptors (Lipinski definition) is 4. The molecule has 0 spiro atoms. The smallest absolute Gasteiger partial charge is 0.335 e. The van der Waals surface area contributed by atoms with E-state index < -0.39 is 17.7 Å². The molecule has 0 unspecified atom stereocenters. The van der Waals surface area contributed by atoms with Gasteiger partial charge in [0.15, 0.2) is 5.82 Å². The van der Waals surface area contributed by atoms with Crippen LogP contribution in [0.1, 0.15) is 20.7 Å². The average molecular weight is 275 g/mol. The fraction of sp³-hybridized carbons (Fsp3) is 0. The van der Waals surface area contributed by atoms with Gasteiger partial charge in [0.25, 0.3) is 5.91 Å². The van der Waals surface area contributed by atoms with Crippen LogP contribution in [0, 0.1) is 5.82 Å². The first kappa shape index (κ1) is 13.5. The van der Waals surface area contributed by atoms with Gasteiger partial charge in [-0.25, -0.2) is 9.18 Å². The summed E-state index contributed by atoms with van der Waals surface area (Å²) in [5.74, 6) is -2.58. The number of nitrogens with one attached hydrogen (secondary N) is 1. The topological polar surface area (TPSA) is 105 Å². The van der Waals surface area contributed by atoms with E-state index in [4.69, 9.17) is 10.8 Å². The Morgan fingerprint density at radius 3 is 2.65 bits per heavy atom. The predicted octanol–water partition coefficient (Wildman–Crippen LogP) is 1.75. The molecule has 20 heavy (non-hydrogen) atoms. The van der Waals surface area contributed by atoms with E-state index in [0.29, 0.717) is 0 Å². The molecule has 2 aromatic rings. The van der Waals surface area contributed by atoms with Gasteiger partial charge in [-0.15, -0.1) is 0 Å². The summed E-state index contributed by atoms with van der Waals surface area (Å²) in [5.41, 5.74) is 5.74. The molecule has 4 N–H and O–H groups in total. The van der Waals surface area contributed by atoms with Gasteiger partial charge >= 0.3 is 5.97 Å². The number of anilines is 2. The summed E-state index contributed by atoms with van der Waals surface area (Å²) >= 11 is 0. The molecule has 0 radical (unpaired) electrons. The number of aromatic nitrogens is 1. The van der Waals surface area contributed by atoms with Crippen LogP contribution in [-0.4, -0.2) is 22.0 Å². The van der Waals surface area contributed by atoms with E-state index in [9.17, 15) is 14.0 Å². The molecule has 0 aliphatic carbocycles. The van der Waals surface area contributed by atoms with E-state index in [0.717, 1.165) is 6.20 Å². The van der Waals surface area contributed by atoms with Crippen molar-refractivity contribution < 1.29 is 19.1 Å². The number of aromatic carboxylic acids is 1. The number of nitrogens with two attached hydrogens (primary N) is 1. The van der Waals surface area contributed by atoms with E-state index in [1.54, 1.807) is 0 Å². The molecular formula is C13H10FN3O3. The lowest BCUT2D eigenvalue weighted by Gasteiger charge is -2.09. The second-order valence-corrected chi connectivity index (χ2v) is 3.92. The molecule has 1 amide bonds. The molecule has 7 heteroatoms. The highest BCUT2D eigenvalue weighted by Gasteiger charge is 2.13. The highest BCUT2D eigenvalue weighted by atomic mass is 19.1. The van der Waals surface area contributed by atoms with Crippen LogP contribution in [-0.2, 0) is 0 Å². The second kappa shape index (κ2) is 5.35. The Hall–Kier alpha value is -2.96. The van der Waals surface area contributed by atoms with Crippen molar-refractivity contribution in [3.05, 3.63) is 53.6 Å². The van der Waals surface area contributed by atoms with Gasteiger partial charge in [0.1, 0.15) is 0 Å². The van der Waals surface area contributed by atoms with Gasteiger partial charge in [0.05, 0.1) is 28.7 Å². The molecule has 102 valence electrons. The number of carbonyl (C=O) groups excluding carboxylic acids is 1. The molecule has 2 rings (SSSR count). The maximum Gasteiger partial charge on any atom is 0.335 e. The molecule has 0 aliphatic heterocycles. The zero-order chi connectivity index (χ0) is 14.7. The molecule has 0 saturated carbocycles. The van der Waals surface area contributed by atoms with E-state index in [-0.39, 0.29) is 22.5 Å². The van der Waals surface area contributed by atoms with Crippen molar-refractivity contribution in [1.29, 1.82) is 0 Å². The monoisotopic (exact) mass is 275 g/mol. The molecule has 0 fully saturated rings. The molecule has 0 bridgehead atoms. The fourth-order valence-corrected chi connectivity index (χ4v) is 1.56. The van der Waals surface area contributed by atoms with Crippen molar-refractivity contribution in [2.75, 3.05) is 11.1 Å². The number of carboxylic acids is 1. The number of pyridine rings is 1. The maximum absolute atomic E-state index is 13.4. The first-order valence-electron chi connectivity index (χ1n) is 5.52. The van der Waals surface area contributed by atoms with Crippen molar-refractivity contribution in [2.45, 2.75) is 0 Å². The van der Waals surface area contributed by atoms with E-state index >= 15 is 0 Å². The number of nitrogen functional groups attached to an aromatic ring is 1. The maximum atomic E-state index is 13.4. The third-order valence-electron chi connectivity index (χ3n) is 2.56. The summed E-state index contributed by atoms with van der Waals surface area (Å²) in [4.78, 5) is 26.1. The minimum atomic E-state index is -1.13. The zero-order valence-corrected chi connectivity index (χ0v) is 10.1. The average Bonchev–Trinajstić information content (AvgIpc) is 2.41. The fourth-order valence-electron chi connectivity index (χ4n) is 1.56. The predicted molar refractivity (Wildman–Crippen MR) is 70.0 cm³/mol. The van der Waals surface area contributed by atoms with Gasteiger partial charge in [0.2, 0.25) is 0 Å². The number of carbonyl (C=O) groups is 2. The first-order chi connectivity index (χ1) is 9.49. The molecule has 1 heterocycles. The van der Waals surface area contributed by atoms with E-state index in [1.807, 2.05) is 0 Å². The largest absolute Gasteiger partial charge is 0.478 e. The highest BCUT2D eigenvalue weighted by Crippen LogP contribution is 2.21. The van der Waals surface area contributed by atoms with Crippen molar-refractivity contribution in [3.8, 4) is 0 Å². The number of benzene rings is 1. The summed E-state index contributed by atoms with van der Waals surface area (Å²) in [6.45, 7) is 0. The highest BCUT2D eigenvalue weighted by molar-refractivity contribution is 6.06. The Morgan fingerprint density at radius 2 is 2.05 bits per heavy atom. The Balaban J connectivity index is 2.25. The van der Waals surface area contributed by atoms with Gasteiger partial charge < -0.3 is 16.2 Å². The van der Waals surface area contributed by atoms with Crippen LogP contribution in [0.25, 0.3) is 0 Å². The standard InChI is InChI=1S/C13H10FN3O3/c14-9-6-16-4-3-8(9)12(18)17-11-2-1-7(13(19)20)5-10(11)15/h1-6H,15H2,(H,17,18)(H,19,20). The van der Waals surface area contributed by atoms with Gasteiger partial charge in [-0.2, -0.15) is 0 Å². The summed E-state index contributed by atoms with van der Waals surface area (Å²) < 4.78 is 13.4. The van der Waals surface area contributed by atoms with Crippen molar-refractivity contribution in [2.24, 2.45) is 0 Å². The number of nitrogens with zero attached hydrogens (tertiary/aromatic N) is 1. The SMILES string of the molecule is Nc1cc(C(=O)O)ccc1NC(=O)c1ccncc1F. The lowest BCUT2D eigenvalue weighted by atomic mass is 10.1. The number of amides is 1. The molecule has 0 atom stereocenters. The normalized spacial score (nSPS) is 10.1. The quantitative estimate of drug-likeness (QED) is 0.740. The number of hydrogen-bond donors (Lipinski definition) is 3. The summed E-state index contributed by atoms with van der Waals surface area (Å²) in [7, 11) is 0. The van der Waals surface area contributed by atoms with Crippen LogP contribution in [0.4, 0.5) is 15.8 Å². The molecular weight excluding hydrogens is 265 g/mol. The number of halogens is 1. The minimum absolute atomic E-state index is 0.00408. The number of carboxylic acid groups (broad SMARTS) is 1. The van der Waals surface area contributed by atoms with Gasteiger partial charge in [-0.05, 0) is 24.3 Å². The molecule has 0 saturated heterocycles. The van der Waals surface area contributed by atoms with Gasteiger partial charge in [0, 0.05) is 6.20 Å². The minimum Gasteiger partial charge on any atom is -0.478 e. The molecule has 1 aromatic heterocycles. The van der Waals surface area contributed by atoms with Crippen molar-refractivity contribution in [1.82, 2.24) is 4.98 Å². The van der Waals surface area contributed by atoms with Gasteiger partial charge in [-0.3, -0.25) is 9.78 Å². The molecule has 1 aromatic carbocycles. The zero-order valence-electron chi connectivity index (χ0n) is 10.1. The summed E-state index contributed by atoms with van der Waals surface area (Å²) in [6.07, 6.45) is 2.21. The van der Waals surface area contributed by atoms with E-state index in [1.165, 1.54) is 30.5 Å². The van der Waals surface area contributed by atoms with Crippen molar-refractivity contribution in [3.63, 3.8) is 0 Å². The lowest BCUT2D eigenvalue weighted by molar-refractivity contribution is 0.0696. The van der Waals surface area contributed by atoms with Crippen LogP contribution < -0.4 is 11.1 Å². The Labute approximate surface area is 113 Å². The Kier molecular flexibility index (Phi) is 3.60. The van der Waals surface area contributed by atoms with Crippen LogP contribution in [0.15, 0.2) is 36.7 Å². The third-order valence-corrected chi connectivity index (χ3v) is 2.56. The Bertz CT molecular complexity index is 688. The van der Waals surface area contributed by atoms with Crippen LogP contribution in [0.5, 0.6) is 0 Å². The van der Waals surface area contributed by atoms with Crippen LogP contribution in [0.2, 0.25) is 0 Å². The number of rotatable bonds is 3. The summed E-state index contributed by atoms with van der Waals surface area (Å²) in [5, 5.41) is 11.2. The summed E-state index contributed by atoms with van der Waals surface area (Å²) in [6, 6.07) is 5.07. The molecule has 0 aliphatic rings. The second-order valence-electron chi connectivity index (χ2n) is 3.92. The van der Waals surface area contributed by atoms with Crippen molar-refractivity contribution >= 4 is 23.3 Å². The third kappa shape index (κ3) is 2.72. The van der Waals surface area contributed by atoms with Crippen LogP contribution >= 0.6 is 0 Å². The molecule has 6 nitrogen and oxygen atoms in total. The van der Waals surface area contributed by atoms with E-state index in [2.05, 4.69) is 10.3 Å².